The maximum atomic E-state index is 13.6. The Bertz CT molecular complexity index is 1230. The minimum atomic E-state index is -0.482. The Labute approximate surface area is 200 Å². The van der Waals surface area contributed by atoms with Crippen molar-refractivity contribution in [1.82, 2.24) is 14.8 Å². The Morgan fingerprint density at radius 1 is 1.09 bits per heavy atom. The predicted octanol–water partition coefficient (Wildman–Crippen LogP) is 5.01. The smallest absolute Gasteiger partial charge is 0.255 e. The van der Waals surface area contributed by atoms with E-state index in [0.29, 0.717) is 36.2 Å². The molecule has 0 bridgehead atoms. The van der Waals surface area contributed by atoms with Crippen molar-refractivity contribution in [3.8, 4) is 11.5 Å². The number of rotatable bonds is 8. The van der Waals surface area contributed by atoms with Gasteiger partial charge in [-0.05, 0) is 63.4 Å². The Balaban J connectivity index is 1.75. The van der Waals surface area contributed by atoms with Gasteiger partial charge in [-0.1, -0.05) is 30.7 Å². The average Bonchev–Trinajstić information content (AvgIpc) is 3.27. The number of fused-ring (bicyclic) bond motifs is 1. The van der Waals surface area contributed by atoms with E-state index < -0.39 is 6.04 Å². The normalized spacial score (nSPS) is 14.9. The molecule has 0 fully saturated rings. The van der Waals surface area contributed by atoms with Crippen LogP contribution in [0.1, 0.15) is 49.9 Å². The third kappa shape index (κ3) is 4.62. The van der Waals surface area contributed by atoms with E-state index >= 15 is 0 Å². The highest BCUT2D eigenvalue weighted by Gasteiger charge is 2.34. The maximum Gasteiger partial charge on any atom is 0.255 e. The number of hydrogen-bond acceptors (Lipinski definition) is 6. The molecule has 1 amide bonds. The third-order valence-corrected chi connectivity index (χ3v) is 5.71. The Hall–Kier alpha value is -3.81. The molecule has 0 spiro atoms. The molecule has 1 unspecified atom stereocenters. The summed E-state index contributed by atoms with van der Waals surface area (Å²) in [5, 5.41) is 10.7. The number of amides is 1. The van der Waals surface area contributed by atoms with Crippen molar-refractivity contribution in [2.75, 3.05) is 23.8 Å². The summed E-state index contributed by atoms with van der Waals surface area (Å²) in [6.07, 6.45) is 2.38. The number of hydrogen-bond donors (Lipinski definition) is 2. The van der Waals surface area contributed by atoms with Gasteiger partial charge in [-0.2, -0.15) is 10.1 Å². The van der Waals surface area contributed by atoms with E-state index in [4.69, 9.17) is 9.47 Å². The number of nitrogens with zero attached hydrogens (tertiary/aromatic N) is 3. The second-order valence-electron chi connectivity index (χ2n) is 8.35. The van der Waals surface area contributed by atoms with Crippen molar-refractivity contribution in [3.63, 3.8) is 0 Å². The highest BCUT2D eigenvalue weighted by Crippen LogP contribution is 2.39. The zero-order valence-electron chi connectivity index (χ0n) is 20.3. The fraction of sp³-hybridized carbons (Fsp3) is 0.346. The second-order valence-corrected chi connectivity index (χ2v) is 8.35. The van der Waals surface area contributed by atoms with Crippen LogP contribution < -0.4 is 20.1 Å². The minimum absolute atomic E-state index is 0.202. The summed E-state index contributed by atoms with van der Waals surface area (Å²) >= 11 is 0. The largest absolute Gasteiger partial charge is 0.490 e. The molecule has 0 radical (unpaired) electrons. The second kappa shape index (κ2) is 9.99. The van der Waals surface area contributed by atoms with Gasteiger partial charge in [0.05, 0.1) is 18.8 Å². The number of allylic oxidation sites excluding steroid dienone is 1. The van der Waals surface area contributed by atoms with E-state index in [0.717, 1.165) is 34.5 Å². The maximum absolute atomic E-state index is 13.6. The highest BCUT2D eigenvalue weighted by atomic mass is 16.5. The molecular weight excluding hydrogens is 430 g/mol. The Morgan fingerprint density at radius 3 is 2.65 bits per heavy atom. The lowest BCUT2D eigenvalue weighted by atomic mass is 9.94. The number of anilines is 2. The van der Waals surface area contributed by atoms with Crippen LogP contribution in [0.2, 0.25) is 0 Å². The summed E-state index contributed by atoms with van der Waals surface area (Å²) in [5.74, 6) is 1.70. The van der Waals surface area contributed by atoms with Crippen LogP contribution in [-0.2, 0) is 4.79 Å². The molecule has 1 aliphatic heterocycles. The topological polar surface area (TPSA) is 90.3 Å². The van der Waals surface area contributed by atoms with Crippen LogP contribution in [0.15, 0.2) is 54.0 Å². The molecule has 2 aromatic carbocycles. The average molecular weight is 462 g/mol. The molecule has 1 atom stereocenters. The van der Waals surface area contributed by atoms with E-state index in [9.17, 15) is 4.79 Å². The van der Waals surface area contributed by atoms with Crippen LogP contribution >= 0.6 is 0 Å². The van der Waals surface area contributed by atoms with Gasteiger partial charge in [0.1, 0.15) is 12.4 Å². The molecule has 3 aromatic rings. The molecule has 8 nitrogen and oxygen atoms in total. The molecule has 1 aromatic heterocycles. The van der Waals surface area contributed by atoms with Crippen LogP contribution in [0, 0.1) is 13.8 Å². The lowest BCUT2D eigenvalue weighted by molar-refractivity contribution is -0.113. The predicted molar refractivity (Wildman–Crippen MR) is 132 cm³/mol. The molecule has 34 heavy (non-hydrogen) atoms. The Kier molecular flexibility index (Phi) is 6.86. The van der Waals surface area contributed by atoms with Gasteiger partial charge in [0, 0.05) is 11.4 Å². The summed E-state index contributed by atoms with van der Waals surface area (Å²) in [4.78, 5) is 17.9. The molecule has 2 heterocycles. The van der Waals surface area contributed by atoms with E-state index in [1.165, 1.54) is 6.33 Å². The first-order chi connectivity index (χ1) is 16.4. The van der Waals surface area contributed by atoms with E-state index in [1.807, 2.05) is 64.1 Å². The molecule has 0 aliphatic carbocycles. The lowest BCUT2D eigenvalue weighted by Gasteiger charge is -2.29. The summed E-state index contributed by atoms with van der Waals surface area (Å²) < 4.78 is 13.5. The summed E-state index contributed by atoms with van der Waals surface area (Å²) in [6, 6.07) is 11.2. The lowest BCUT2D eigenvalue weighted by Crippen LogP contribution is -2.31. The van der Waals surface area contributed by atoms with Gasteiger partial charge in [0.25, 0.3) is 5.91 Å². The van der Waals surface area contributed by atoms with Gasteiger partial charge in [-0.3, -0.25) is 4.79 Å². The molecule has 4 rings (SSSR count). The zero-order chi connectivity index (χ0) is 24.2. The monoisotopic (exact) mass is 461 g/mol. The summed E-state index contributed by atoms with van der Waals surface area (Å²) in [7, 11) is 0. The van der Waals surface area contributed by atoms with E-state index in [1.54, 1.807) is 4.68 Å². The number of carbonyl (C=O) groups is 1. The minimum Gasteiger partial charge on any atom is -0.490 e. The van der Waals surface area contributed by atoms with E-state index in [-0.39, 0.29) is 5.91 Å². The number of benzene rings is 2. The number of aromatic nitrogens is 3. The number of carbonyl (C=O) groups excluding carboxylic acids is 1. The van der Waals surface area contributed by atoms with Crippen molar-refractivity contribution < 1.29 is 14.3 Å². The number of nitrogens with one attached hydrogen (secondary N) is 2. The zero-order valence-corrected chi connectivity index (χ0v) is 20.3. The quantitative estimate of drug-likeness (QED) is 0.490. The fourth-order valence-electron chi connectivity index (χ4n) is 4.13. The first kappa shape index (κ1) is 23.4. The first-order valence-electron chi connectivity index (χ1n) is 11.6. The summed E-state index contributed by atoms with van der Waals surface area (Å²) in [6.45, 7) is 11.0. The van der Waals surface area contributed by atoms with Gasteiger partial charge < -0.3 is 20.1 Å². The van der Waals surface area contributed by atoms with Crippen molar-refractivity contribution in [2.24, 2.45) is 0 Å². The van der Waals surface area contributed by atoms with Crippen LogP contribution in [0.25, 0.3) is 0 Å². The van der Waals surface area contributed by atoms with Gasteiger partial charge in [-0.15, -0.1) is 0 Å². The van der Waals surface area contributed by atoms with Crippen molar-refractivity contribution in [3.05, 3.63) is 70.7 Å². The van der Waals surface area contributed by atoms with Gasteiger partial charge in [0.15, 0.2) is 11.5 Å². The SMILES string of the molecule is CCCOc1ccc(C2C(C(=O)Nc3ccc(C)cc3C)=C(C)Nc3ncnn32)cc1OCC. The molecular formula is C26H31N5O3. The third-order valence-electron chi connectivity index (χ3n) is 5.71. The van der Waals surface area contributed by atoms with Crippen molar-refractivity contribution in [1.29, 1.82) is 0 Å². The molecule has 0 saturated carbocycles. The molecule has 0 saturated heterocycles. The highest BCUT2D eigenvalue weighted by molar-refractivity contribution is 6.06. The molecule has 8 heteroatoms. The Morgan fingerprint density at radius 2 is 1.91 bits per heavy atom. The summed E-state index contributed by atoms with van der Waals surface area (Å²) in [5.41, 5.74) is 5.05. The first-order valence-corrected chi connectivity index (χ1v) is 11.6. The van der Waals surface area contributed by atoms with Crippen LogP contribution in [0.4, 0.5) is 11.6 Å². The fourth-order valence-corrected chi connectivity index (χ4v) is 4.13. The van der Waals surface area contributed by atoms with Crippen molar-refractivity contribution in [2.45, 2.75) is 47.1 Å². The van der Waals surface area contributed by atoms with Gasteiger partial charge >= 0.3 is 0 Å². The van der Waals surface area contributed by atoms with Crippen molar-refractivity contribution >= 4 is 17.5 Å². The number of ether oxygens (including phenoxy) is 2. The standard InChI is InChI=1S/C26H31N5O3/c1-6-12-34-21-11-9-19(14-22(21)33-7-2)24-23(18(5)29-26-27-15-28-31(24)26)25(32)30-20-10-8-16(3)13-17(20)4/h8-11,13-15,24H,6-7,12H2,1-5H3,(H,30,32)(H,27,28,29). The van der Waals surface area contributed by atoms with Crippen LogP contribution in [-0.4, -0.2) is 33.9 Å². The number of aryl methyl sites for hydroxylation is 2. The molecule has 2 N–H and O–H groups in total. The van der Waals surface area contributed by atoms with Gasteiger partial charge in [-0.25, -0.2) is 4.68 Å². The van der Waals surface area contributed by atoms with E-state index in [2.05, 4.69) is 27.6 Å². The van der Waals surface area contributed by atoms with Crippen LogP contribution in [0.5, 0.6) is 11.5 Å². The molecule has 1 aliphatic rings. The van der Waals surface area contributed by atoms with Crippen LogP contribution in [0.3, 0.4) is 0 Å². The molecule has 178 valence electrons. The van der Waals surface area contributed by atoms with Gasteiger partial charge in [0.2, 0.25) is 5.95 Å².